The molecule has 0 aromatic carbocycles. The van der Waals surface area contributed by atoms with Crippen molar-refractivity contribution < 1.29 is 16.3 Å². The summed E-state index contributed by atoms with van der Waals surface area (Å²) in [4.78, 5) is 0. The van der Waals surface area contributed by atoms with Gasteiger partial charge >= 0.3 is 0 Å². The first-order valence-corrected chi connectivity index (χ1v) is 5.39. The number of hydrogen-bond acceptors (Lipinski definition) is 4. The van der Waals surface area contributed by atoms with Gasteiger partial charge in [0.2, 0.25) is 0 Å². The van der Waals surface area contributed by atoms with Gasteiger partial charge in [-0.1, -0.05) is 0 Å². The number of alkyl halides is 1. The van der Waals surface area contributed by atoms with Gasteiger partial charge in [0.25, 0.3) is 10.1 Å². The van der Waals surface area contributed by atoms with Crippen molar-refractivity contribution in [1.82, 2.24) is 0 Å². The lowest BCUT2D eigenvalue weighted by Gasteiger charge is -1.92. The van der Waals surface area contributed by atoms with Gasteiger partial charge in [0.1, 0.15) is 5.21 Å². The van der Waals surface area contributed by atoms with Crippen LogP contribution < -0.4 is 0 Å². The van der Waals surface area contributed by atoms with Gasteiger partial charge in [-0.3, -0.25) is 0 Å². The van der Waals surface area contributed by atoms with Gasteiger partial charge < -0.3 is 0 Å². The van der Waals surface area contributed by atoms with E-state index in [9.17, 15) is 12.6 Å². The summed E-state index contributed by atoms with van der Waals surface area (Å²) >= 11 is 3.05. The lowest BCUT2D eigenvalue weighted by molar-refractivity contribution is 0.506. The van der Waals surface area contributed by atoms with Gasteiger partial charge in [0.15, 0.2) is 11.1 Å². The molecule has 56 valence electrons. The Morgan fingerprint density at radius 3 is 2.22 bits per heavy atom. The summed E-state index contributed by atoms with van der Waals surface area (Å²) in [5.74, 6) is 0. The Morgan fingerprint density at radius 2 is 2.11 bits per heavy atom. The highest BCUT2D eigenvalue weighted by Gasteiger charge is 2.06. The predicted molar refractivity (Wildman–Crippen MR) is 34.8 cm³/mol. The average Bonchev–Trinajstić information content (AvgIpc) is 1.62. The minimum absolute atomic E-state index is 0.340. The maximum Gasteiger partial charge on any atom is 0.277 e. The lowest BCUT2D eigenvalue weighted by atomic mass is 11.9. The van der Waals surface area contributed by atoms with Gasteiger partial charge in [-0.15, -0.1) is 11.6 Å². The first-order chi connectivity index (χ1) is 3.95. The van der Waals surface area contributed by atoms with Gasteiger partial charge in [0, 0.05) is 0 Å². The topological polar surface area (TPSA) is 60.4 Å². The Morgan fingerprint density at radius 1 is 1.67 bits per heavy atom. The smallest absolute Gasteiger partial charge is 0.227 e. The molecule has 0 aromatic rings. The van der Waals surface area contributed by atoms with E-state index in [1.165, 1.54) is 0 Å². The Bertz CT molecular complexity index is 195. The Labute approximate surface area is 60.9 Å². The minimum Gasteiger partial charge on any atom is -0.227 e. The monoisotopic (exact) mass is 192 g/mol. The van der Waals surface area contributed by atoms with E-state index in [-0.39, 0.29) is 5.21 Å². The van der Waals surface area contributed by atoms with Gasteiger partial charge in [-0.25, -0.2) is 4.21 Å². The van der Waals surface area contributed by atoms with Crippen molar-refractivity contribution in [3.8, 4) is 0 Å². The summed E-state index contributed by atoms with van der Waals surface area (Å²) < 4.78 is 34.4. The fraction of sp³-hybridized carbons (Fsp3) is 1.00. The normalized spacial score (nSPS) is 15.3. The van der Waals surface area contributed by atoms with Crippen molar-refractivity contribution in [2.75, 3.05) is 11.5 Å². The minimum atomic E-state index is -3.62. The molecule has 0 saturated heterocycles. The average molecular weight is 193 g/mol. The molecule has 0 N–H and O–H groups in total. The molecule has 0 aliphatic carbocycles. The highest BCUT2D eigenvalue weighted by atomic mass is 35.5. The zero-order chi connectivity index (χ0) is 7.49. The van der Waals surface area contributed by atoms with Crippen LogP contribution in [-0.2, 0) is 24.8 Å². The summed E-state index contributed by atoms with van der Waals surface area (Å²) in [6.45, 7) is 0. The van der Waals surface area contributed by atoms with Crippen molar-refractivity contribution in [2.24, 2.45) is 0 Å². The van der Waals surface area contributed by atoms with E-state index in [1.54, 1.807) is 0 Å². The Hall–Kier alpha value is 0.350. The van der Waals surface area contributed by atoms with E-state index in [2.05, 4.69) is 3.63 Å². The van der Waals surface area contributed by atoms with Crippen LogP contribution >= 0.6 is 11.6 Å². The molecule has 4 nitrogen and oxygen atoms in total. The molecule has 0 radical (unpaired) electrons. The van der Waals surface area contributed by atoms with Crippen LogP contribution in [0.25, 0.3) is 0 Å². The molecule has 0 fully saturated rings. The van der Waals surface area contributed by atoms with Crippen molar-refractivity contribution in [3.05, 3.63) is 0 Å². The van der Waals surface area contributed by atoms with Gasteiger partial charge in [0.05, 0.1) is 6.26 Å². The Balaban J connectivity index is 3.91. The predicted octanol–water partition coefficient (Wildman–Crippen LogP) is -0.177. The summed E-state index contributed by atoms with van der Waals surface area (Å²) in [7, 11) is -3.62. The molecular formula is C2H5ClO4S2. The third-order valence-corrected chi connectivity index (χ3v) is 2.60. The van der Waals surface area contributed by atoms with E-state index in [4.69, 9.17) is 11.6 Å². The van der Waals surface area contributed by atoms with Crippen LogP contribution in [0.2, 0.25) is 0 Å². The van der Waals surface area contributed by atoms with Crippen LogP contribution in [0.5, 0.6) is 0 Å². The van der Waals surface area contributed by atoms with E-state index in [0.717, 1.165) is 6.26 Å². The molecule has 0 amide bonds. The molecule has 0 bridgehead atoms. The summed E-state index contributed by atoms with van der Waals surface area (Å²) in [5, 5.41) is -0.340. The molecule has 0 aromatic heterocycles. The molecule has 7 heteroatoms. The standard InChI is InChI=1S/C2H5ClO4S2/c1-9(5,6)7-8(4)2-3/h2H2,1H3. The van der Waals surface area contributed by atoms with Gasteiger partial charge in [-0.05, 0) is 0 Å². The van der Waals surface area contributed by atoms with Crippen LogP contribution in [0.3, 0.4) is 0 Å². The molecule has 1 unspecified atom stereocenters. The van der Waals surface area contributed by atoms with Crippen LogP contribution in [0, 0.1) is 0 Å². The summed E-state index contributed by atoms with van der Waals surface area (Å²) in [5.41, 5.74) is 0. The van der Waals surface area contributed by atoms with Crippen molar-refractivity contribution in [2.45, 2.75) is 0 Å². The molecule has 1 atom stereocenters. The van der Waals surface area contributed by atoms with Crippen LogP contribution in [0.1, 0.15) is 0 Å². The summed E-state index contributed by atoms with van der Waals surface area (Å²) in [6, 6.07) is 0. The highest BCUT2D eigenvalue weighted by Crippen LogP contribution is 1.94. The molecule has 0 rings (SSSR count). The third kappa shape index (κ3) is 6.23. The second-order valence-corrected chi connectivity index (χ2v) is 4.62. The SMILES string of the molecule is CS(=O)(=O)OS(=O)CCl. The number of rotatable bonds is 3. The fourth-order valence-electron chi connectivity index (χ4n) is 0.156. The molecular weight excluding hydrogens is 188 g/mol. The first-order valence-electron chi connectivity index (χ1n) is 1.80. The second kappa shape index (κ2) is 3.50. The maximum atomic E-state index is 10.2. The largest absolute Gasteiger partial charge is 0.277 e. The van der Waals surface area contributed by atoms with Crippen LogP contribution in [-0.4, -0.2) is 24.1 Å². The second-order valence-electron chi connectivity index (χ2n) is 1.19. The van der Waals surface area contributed by atoms with Crippen LogP contribution in [0.4, 0.5) is 0 Å². The van der Waals surface area contributed by atoms with E-state index < -0.39 is 21.2 Å². The molecule has 0 spiro atoms. The quantitative estimate of drug-likeness (QED) is 0.583. The zero-order valence-electron chi connectivity index (χ0n) is 4.53. The van der Waals surface area contributed by atoms with E-state index >= 15 is 0 Å². The maximum absolute atomic E-state index is 10.2. The third-order valence-electron chi connectivity index (χ3n) is 0.289. The molecule has 0 heterocycles. The van der Waals surface area contributed by atoms with Crippen molar-refractivity contribution in [1.29, 1.82) is 0 Å². The number of hydrogen-bond donors (Lipinski definition) is 0. The molecule has 9 heavy (non-hydrogen) atoms. The van der Waals surface area contributed by atoms with Crippen molar-refractivity contribution in [3.63, 3.8) is 0 Å². The van der Waals surface area contributed by atoms with Crippen molar-refractivity contribution >= 4 is 32.8 Å². The molecule has 0 aliphatic rings. The van der Waals surface area contributed by atoms with E-state index in [0.29, 0.717) is 0 Å². The highest BCUT2D eigenvalue weighted by molar-refractivity contribution is 7.97. The zero-order valence-corrected chi connectivity index (χ0v) is 6.92. The van der Waals surface area contributed by atoms with E-state index in [1.807, 2.05) is 0 Å². The fourth-order valence-corrected chi connectivity index (χ4v) is 1.73. The molecule has 0 aliphatic heterocycles. The lowest BCUT2D eigenvalue weighted by Crippen LogP contribution is -2.05. The van der Waals surface area contributed by atoms with Gasteiger partial charge in [-0.2, -0.15) is 12.0 Å². The first kappa shape index (κ1) is 9.35. The number of halogens is 1. The summed E-state index contributed by atoms with van der Waals surface area (Å²) in [6.07, 6.45) is 0.803. The molecule has 0 saturated carbocycles. The van der Waals surface area contributed by atoms with Crippen LogP contribution in [0.15, 0.2) is 0 Å². The Kier molecular flexibility index (Phi) is 3.64.